The third-order valence-corrected chi connectivity index (χ3v) is 4.36. The van der Waals surface area contributed by atoms with Gasteiger partial charge in [-0.1, -0.05) is 11.6 Å². The topological polar surface area (TPSA) is 27.0 Å². The van der Waals surface area contributed by atoms with E-state index >= 15 is 0 Å². The Morgan fingerprint density at radius 2 is 1.76 bits per heavy atom. The van der Waals surface area contributed by atoms with Crippen LogP contribution in [-0.4, -0.2) is 12.7 Å². The average molecular weight is 399 g/mol. The van der Waals surface area contributed by atoms with Crippen molar-refractivity contribution in [2.75, 3.05) is 11.4 Å². The first-order valence-corrected chi connectivity index (χ1v) is 7.86. The summed E-state index contributed by atoms with van der Waals surface area (Å²) >= 11 is 6.78. The van der Waals surface area contributed by atoms with Gasteiger partial charge in [-0.3, -0.25) is 0 Å². The zero-order chi connectivity index (χ0) is 18.8. The van der Waals surface area contributed by atoms with E-state index < -0.39 is 30.0 Å². The molecule has 0 radical (unpaired) electrons. The molecule has 2 aromatic rings. The minimum atomic E-state index is -4.85. The molecule has 0 fully saturated rings. The van der Waals surface area contributed by atoms with Crippen molar-refractivity contribution in [1.29, 1.82) is 5.26 Å². The number of rotatable bonds is 4. The second-order valence-electron chi connectivity index (χ2n) is 5.02. The van der Waals surface area contributed by atoms with Crippen LogP contribution >= 0.6 is 22.9 Å². The summed E-state index contributed by atoms with van der Waals surface area (Å²) in [6.45, 7) is -1.70. The Kier molecular flexibility index (Phi) is 5.54. The fraction of sp³-hybridized carbons (Fsp3) is 0.267. The summed E-state index contributed by atoms with van der Waals surface area (Å²) in [5.74, 6) is 0. The van der Waals surface area contributed by atoms with E-state index in [1.54, 1.807) is 0 Å². The lowest BCUT2D eigenvalue weighted by Gasteiger charge is -2.26. The van der Waals surface area contributed by atoms with Crippen molar-refractivity contribution in [3.63, 3.8) is 0 Å². The molecule has 0 aliphatic heterocycles. The molecule has 1 aromatic heterocycles. The van der Waals surface area contributed by atoms with Crippen LogP contribution in [-0.2, 0) is 12.7 Å². The van der Waals surface area contributed by atoms with Crippen molar-refractivity contribution < 1.29 is 26.3 Å². The van der Waals surface area contributed by atoms with Crippen LogP contribution in [0.4, 0.5) is 32.0 Å². The number of nitrogens with zero attached hydrogens (tertiary/aromatic N) is 2. The van der Waals surface area contributed by atoms with Crippen molar-refractivity contribution in [2.45, 2.75) is 18.9 Å². The average Bonchev–Trinajstić information content (AvgIpc) is 2.89. The molecule has 0 amide bonds. The molecule has 0 saturated carbocycles. The molecule has 0 aliphatic rings. The van der Waals surface area contributed by atoms with E-state index in [2.05, 4.69) is 0 Å². The molecule has 0 bridgehead atoms. The van der Waals surface area contributed by atoms with Gasteiger partial charge < -0.3 is 4.90 Å². The number of hydrogen-bond acceptors (Lipinski definition) is 3. The minimum Gasteiger partial charge on any atom is -0.357 e. The van der Waals surface area contributed by atoms with Crippen molar-refractivity contribution in [3.8, 4) is 6.07 Å². The molecule has 0 spiro atoms. The largest absolute Gasteiger partial charge is 0.417 e. The van der Waals surface area contributed by atoms with Crippen LogP contribution < -0.4 is 4.90 Å². The molecule has 25 heavy (non-hydrogen) atoms. The van der Waals surface area contributed by atoms with Gasteiger partial charge in [0.2, 0.25) is 0 Å². The van der Waals surface area contributed by atoms with Gasteiger partial charge >= 0.3 is 12.4 Å². The second kappa shape index (κ2) is 7.14. The predicted octanol–water partition coefficient (Wildman–Crippen LogP) is 5.86. The molecule has 134 valence electrons. The van der Waals surface area contributed by atoms with E-state index in [1.165, 1.54) is 18.2 Å². The molecule has 2 nitrogen and oxygen atoms in total. The molecule has 0 N–H and O–H groups in total. The Hall–Kier alpha value is -1.92. The maximum Gasteiger partial charge on any atom is 0.417 e. The molecule has 0 atom stereocenters. The van der Waals surface area contributed by atoms with Gasteiger partial charge in [-0.2, -0.15) is 31.6 Å². The monoisotopic (exact) mass is 398 g/mol. The molecule has 2 rings (SSSR count). The van der Waals surface area contributed by atoms with E-state index in [9.17, 15) is 26.3 Å². The molecule has 0 saturated heterocycles. The zero-order valence-electron chi connectivity index (χ0n) is 12.2. The van der Waals surface area contributed by atoms with Crippen molar-refractivity contribution in [1.82, 2.24) is 0 Å². The lowest BCUT2D eigenvalue weighted by atomic mass is 10.1. The summed E-state index contributed by atoms with van der Waals surface area (Å²) in [6.07, 6.45) is -9.47. The second-order valence-corrected chi connectivity index (χ2v) is 6.82. The first-order valence-electron chi connectivity index (χ1n) is 6.67. The van der Waals surface area contributed by atoms with Gasteiger partial charge in [-0.05, 0) is 30.3 Å². The minimum absolute atomic E-state index is 0.264. The summed E-state index contributed by atoms with van der Waals surface area (Å²) in [7, 11) is 0. The molecule has 1 heterocycles. The zero-order valence-corrected chi connectivity index (χ0v) is 13.8. The van der Waals surface area contributed by atoms with Crippen LogP contribution in [0.1, 0.15) is 16.0 Å². The van der Waals surface area contributed by atoms with Crippen molar-refractivity contribution in [3.05, 3.63) is 50.7 Å². The lowest BCUT2D eigenvalue weighted by Crippen LogP contribution is -2.33. The van der Waals surface area contributed by atoms with Crippen LogP contribution in [0.25, 0.3) is 0 Å². The summed E-state index contributed by atoms with van der Waals surface area (Å²) in [5.41, 5.74) is -2.21. The highest BCUT2D eigenvalue weighted by Crippen LogP contribution is 2.36. The number of halogens is 7. The van der Waals surface area contributed by atoms with Crippen LogP contribution in [0.15, 0.2) is 30.3 Å². The number of nitriles is 1. The van der Waals surface area contributed by atoms with Crippen LogP contribution in [0.3, 0.4) is 0 Å². The van der Waals surface area contributed by atoms with Crippen molar-refractivity contribution in [2.24, 2.45) is 0 Å². The quantitative estimate of drug-likeness (QED) is 0.603. The van der Waals surface area contributed by atoms with Gasteiger partial charge in [-0.25, -0.2) is 0 Å². The van der Waals surface area contributed by atoms with Crippen LogP contribution in [0.5, 0.6) is 0 Å². The summed E-state index contributed by atoms with van der Waals surface area (Å²) in [4.78, 5) is 1.23. The Balaban J connectivity index is 2.44. The molecular weight excluding hydrogens is 390 g/mol. The van der Waals surface area contributed by atoms with E-state index in [4.69, 9.17) is 16.9 Å². The summed E-state index contributed by atoms with van der Waals surface area (Å²) < 4.78 is 78.0. The van der Waals surface area contributed by atoms with E-state index in [0.717, 1.165) is 28.4 Å². The van der Waals surface area contributed by atoms with E-state index in [0.29, 0.717) is 15.3 Å². The molecule has 0 aliphatic carbocycles. The number of benzene rings is 1. The normalized spacial score (nSPS) is 12.1. The van der Waals surface area contributed by atoms with Crippen molar-refractivity contribution >= 4 is 28.6 Å². The highest BCUT2D eigenvalue weighted by molar-refractivity contribution is 7.16. The highest BCUT2D eigenvalue weighted by atomic mass is 35.5. The number of hydrogen-bond donors (Lipinski definition) is 0. The first kappa shape index (κ1) is 19.4. The molecule has 10 heteroatoms. The Morgan fingerprint density at radius 1 is 1.08 bits per heavy atom. The fourth-order valence-electron chi connectivity index (χ4n) is 2.14. The number of alkyl halides is 6. The van der Waals surface area contributed by atoms with Crippen LogP contribution in [0, 0.1) is 11.3 Å². The maximum absolute atomic E-state index is 13.0. The van der Waals surface area contributed by atoms with Gasteiger partial charge in [0, 0.05) is 10.6 Å². The number of anilines is 1. The third-order valence-electron chi connectivity index (χ3n) is 3.14. The Morgan fingerprint density at radius 3 is 2.24 bits per heavy atom. The molecular formula is C15H9ClF6N2S. The fourth-order valence-corrected chi connectivity index (χ4v) is 3.24. The molecule has 1 aromatic carbocycles. The maximum atomic E-state index is 13.0. The van der Waals surface area contributed by atoms with Gasteiger partial charge in [0.15, 0.2) is 0 Å². The third kappa shape index (κ3) is 5.28. The van der Waals surface area contributed by atoms with Gasteiger partial charge in [-0.15, -0.1) is 11.3 Å². The first-order chi connectivity index (χ1) is 11.5. The smallest absolute Gasteiger partial charge is 0.357 e. The van der Waals surface area contributed by atoms with E-state index in [1.807, 2.05) is 0 Å². The standard InChI is InChI=1S/C15H9ClF6N2S/c16-13-4-3-11(25-13)7-24(8-14(17,18)19)10-2-1-9(6-23)12(5-10)15(20,21)22/h1-5H,7-8H2. The van der Waals surface area contributed by atoms with Crippen LogP contribution in [0.2, 0.25) is 4.34 Å². The van der Waals surface area contributed by atoms with Gasteiger partial charge in [0.1, 0.15) is 6.54 Å². The van der Waals surface area contributed by atoms with Gasteiger partial charge in [0.05, 0.1) is 28.1 Å². The lowest BCUT2D eigenvalue weighted by molar-refractivity contribution is -0.137. The molecule has 0 unspecified atom stereocenters. The Bertz CT molecular complexity index is 791. The highest BCUT2D eigenvalue weighted by Gasteiger charge is 2.36. The van der Waals surface area contributed by atoms with E-state index in [-0.39, 0.29) is 12.2 Å². The van der Waals surface area contributed by atoms with Gasteiger partial charge in [0.25, 0.3) is 0 Å². The summed E-state index contributed by atoms with van der Waals surface area (Å²) in [5, 5.41) is 8.78. The SMILES string of the molecule is N#Cc1ccc(N(Cc2ccc(Cl)s2)CC(F)(F)F)cc1C(F)(F)F. The summed E-state index contributed by atoms with van der Waals surface area (Å²) in [6, 6.07) is 6.87. The Labute approximate surface area is 147 Å². The predicted molar refractivity (Wildman–Crippen MR) is 82.6 cm³/mol. The number of thiophene rings is 1.